The third-order valence-electron chi connectivity index (χ3n) is 4.73. The van der Waals surface area contributed by atoms with Crippen LogP contribution in [0.4, 0.5) is 0 Å². The molecule has 4 nitrogen and oxygen atoms in total. The minimum Gasteiger partial charge on any atom is -0.384 e. The van der Waals surface area contributed by atoms with Crippen LogP contribution in [0.3, 0.4) is 0 Å². The first-order chi connectivity index (χ1) is 12.2. The summed E-state index contributed by atoms with van der Waals surface area (Å²) in [7, 11) is 1.63. The molecule has 0 aliphatic carbocycles. The maximum absolute atomic E-state index is 12.7. The lowest BCUT2D eigenvalue weighted by Crippen LogP contribution is -2.40. The summed E-state index contributed by atoms with van der Waals surface area (Å²) in [5.41, 5.74) is 1.19. The van der Waals surface area contributed by atoms with Crippen molar-refractivity contribution in [3.05, 3.63) is 48.0 Å². The van der Waals surface area contributed by atoms with E-state index in [4.69, 9.17) is 4.74 Å². The van der Waals surface area contributed by atoms with Crippen molar-refractivity contribution in [2.45, 2.75) is 24.6 Å². The highest BCUT2D eigenvalue weighted by molar-refractivity contribution is 7.81. The molecule has 0 unspecified atom stereocenters. The van der Waals surface area contributed by atoms with Gasteiger partial charge in [0.2, 0.25) is 5.91 Å². The summed E-state index contributed by atoms with van der Waals surface area (Å²) < 4.78 is 5.10. The Morgan fingerprint density at radius 1 is 1.28 bits per heavy atom. The highest BCUT2D eigenvalue weighted by Crippen LogP contribution is 2.21. The monoisotopic (exact) mass is 358 g/mol. The first kappa shape index (κ1) is 18.2. The lowest BCUT2D eigenvalue weighted by molar-refractivity contribution is -0.134. The molecule has 0 radical (unpaired) electrons. The zero-order valence-electron chi connectivity index (χ0n) is 14.7. The van der Waals surface area contributed by atoms with Gasteiger partial charge in [-0.15, -0.1) is 0 Å². The van der Waals surface area contributed by atoms with Crippen LogP contribution in [-0.2, 0) is 16.1 Å². The average Bonchev–Trinajstić information content (AvgIpc) is 3.04. The molecule has 5 heteroatoms. The van der Waals surface area contributed by atoms with E-state index in [0.717, 1.165) is 19.5 Å². The fraction of sp³-hybridized carbons (Fsp3) is 0.450. The van der Waals surface area contributed by atoms with Crippen molar-refractivity contribution in [1.29, 1.82) is 0 Å². The molecule has 0 aromatic heterocycles. The third kappa shape index (κ3) is 4.75. The number of carbonyl (C=O) groups is 1. The molecule has 134 valence electrons. The Labute approximate surface area is 155 Å². The zero-order chi connectivity index (χ0) is 17.6. The molecule has 3 rings (SSSR count). The quantitative estimate of drug-likeness (QED) is 0.772. The molecule has 1 fully saturated rings. The molecule has 0 bridgehead atoms. The molecule has 1 amide bonds. The molecule has 0 saturated carbocycles. The molecule has 0 N–H and O–H groups in total. The highest BCUT2D eigenvalue weighted by atomic mass is 32.1. The van der Waals surface area contributed by atoms with E-state index in [-0.39, 0.29) is 5.91 Å². The van der Waals surface area contributed by atoms with E-state index in [1.54, 1.807) is 7.11 Å². The molecule has 25 heavy (non-hydrogen) atoms. The Hall–Kier alpha value is -1.56. The van der Waals surface area contributed by atoms with E-state index < -0.39 is 0 Å². The molecular formula is C20H26N2O2S. The second kappa shape index (κ2) is 8.70. The molecule has 1 heterocycles. The summed E-state index contributed by atoms with van der Waals surface area (Å²) in [6.45, 7) is 3.67. The SMILES string of the molecule is COCCC(=O)N(Cc1cccc2ccccc12)CN1CC[C@H](S)C1. The zero-order valence-corrected chi connectivity index (χ0v) is 15.6. The van der Waals surface area contributed by atoms with Gasteiger partial charge in [-0.1, -0.05) is 42.5 Å². The lowest BCUT2D eigenvalue weighted by atomic mass is 10.0. The van der Waals surface area contributed by atoms with Crippen LogP contribution in [0.1, 0.15) is 18.4 Å². The Morgan fingerprint density at radius 3 is 2.84 bits per heavy atom. The number of ether oxygens (including phenoxy) is 1. The van der Waals surface area contributed by atoms with Gasteiger partial charge < -0.3 is 9.64 Å². The summed E-state index contributed by atoms with van der Waals surface area (Å²) in [5.74, 6) is 0.136. The third-order valence-corrected chi connectivity index (χ3v) is 5.15. The Morgan fingerprint density at radius 2 is 2.08 bits per heavy atom. The van der Waals surface area contributed by atoms with Crippen molar-refractivity contribution in [3.8, 4) is 0 Å². The Balaban J connectivity index is 1.79. The topological polar surface area (TPSA) is 32.8 Å². The van der Waals surface area contributed by atoms with Gasteiger partial charge in [0.15, 0.2) is 0 Å². The molecule has 1 atom stereocenters. The van der Waals surface area contributed by atoms with E-state index in [0.29, 0.717) is 31.5 Å². The predicted molar refractivity (Wildman–Crippen MR) is 105 cm³/mol. The van der Waals surface area contributed by atoms with E-state index >= 15 is 0 Å². The van der Waals surface area contributed by atoms with E-state index in [1.807, 2.05) is 11.0 Å². The van der Waals surface area contributed by atoms with E-state index in [9.17, 15) is 4.79 Å². The predicted octanol–water partition coefficient (Wildman–Crippen LogP) is 3.17. The van der Waals surface area contributed by atoms with Gasteiger partial charge >= 0.3 is 0 Å². The molecule has 2 aromatic rings. The number of amides is 1. The van der Waals surface area contributed by atoms with E-state index in [1.165, 1.54) is 16.3 Å². The van der Waals surface area contributed by atoms with Crippen LogP contribution in [0.15, 0.2) is 42.5 Å². The van der Waals surface area contributed by atoms with Crippen molar-refractivity contribution in [2.24, 2.45) is 0 Å². The lowest BCUT2D eigenvalue weighted by Gasteiger charge is -2.28. The number of benzene rings is 2. The van der Waals surface area contributed by atoms with Gasteiger partial charge in [-0.05, 0) is 22.8 Å². The van der Waals surface area contributed by atoms with Crippen molar-refractivity contribution in [1.82, 2.24) is 9.80 Å². The fourth-order valence-electron chi connectivity index (χ4n) is 3.38. The van der Waals surface area contributed by atoms with Gasteiger partial charge in [0.05, 0.1) is 19.7 Å². The Bertz CT molecular complexity index is 716. The smallest absolute Gasteiger partial charge is 0.226 e. The van der Waals surface area contributed by atoms with Gasteiger partial charge in [-0.2, -0.15) is 12.6 Å². The number of nitrogens with zero attached hydrogens (tertiary/aromatic N) is 2. The van der Waals surface area contributed by atoms with Crippen LogP contribution in [0.25, 0.3) is 10.8 Å². The maximum atomic E-state index is 12.7. The maximum Gasteiger partial charge on any atom is 0.226 e. The number of fused-ring (bicyclic) bond motifs is 1. The normalized spacial score (nSPS) is 17.9. The molecule has 1 saturated heterocycles. The van der Waals surface area contributed by atoms with Gasteiger partial charge in [0.25, 0.3) is 0 Å². The van der Waals surface area contributed by atoms with Crippen molar-refractivity contribution < 1.29 is 9.53 Å². The first-order valence-corrected chi connectivity index (χ1v) is 9.33. The standard InChI is InChI=1S/C20H26N2O2S/c1-24-12-10-20(23)22(15-21-11-9-18(25)14-21)13-17-7-4-6-16-5-2-3-8-19(16)17/h2-8,18,25H,9-15H2,1H3/t18-/m0/s1. The number of hydrogen-bond acceptors (Lipinski definition) is 4. The van der Waals surface area contributed by atoms with Crippen molar-refractivity contribution >= 4 is 29.3 Å². The Kier molecular flexibility index (Phi) is 6.34. The molecule has 2 aromatic carbocycles. The molecule has 1 aliphatic rings. The van der Waals surface area contributed by atoms with Crippen LogP contribution >= 0.6 is 12.6 Å². The van der Waals surface area contributed by atoms with Crippen LogP contribution < -0.4 is 0 Å². The van der Waals surface area contributed by atoms with Crippen LogP contribution in [0.2, 0.25) is 0 Å². The van der Waals surface area contributed by atoms with Gasteiger partial charge in [-0.3, -0.25) is 9.69 Å². The number of likely N-dealkylation sites (tertiary alicyclic amines) is 1. The molecule has 0 spiro atoms. The summed E-state index contributed by atoms with van der Waals surface area (Å²) >= 11 is 4.56. The van der Waals surface area contributed by atoms with E-state index in [2.05, 4.69) is 53.9 Å². The number of rotatable bonds is 7. The van der Waals surface area contributed by atoms with Crippen LogP contribution in [0, 0.1) is 0 Å². The summed E-state index contributed by atoms with van der Waals surface area (Å²) in [6, 6.07) is 14.6. The van der Waals surface area contributed by atoms with Gasteiger partial charge in [-0.25, -0.2) is 0 Å². The summed E-state index contributed by atoms with van der Waals surface area (Å²) in [4.78, 5) is 17.0. The minimum absolute atomic E-state index is 0.136. The fourth-order valence-corrected chi connectivity index (χ4v) is 3.73. The number of carbonyl (C=O) groups excluding carboxylic acids is 1. The van der Waals surface area contributed by atoms with Crippen molar-refractivity contribution in [3.63, 3.8) is 0 Å². The summed E-state index contributed by atoms with van der Waals surface area (Å²) in [5, 5.41) is 2.83. The van der Waals surface area contributed by atoms with Crippen LogP contribution in [0.5, 0.6) is 0 Å². The second-order valence-electron chi connectivity index (χ2n) is 6.63. The number of methoxy groups -OCH3 is 1. The molecule has 1 aliphatic heterocycles. The minimum atomic E-state index is 0.136. The average molecular weight is 359 g/mol. The molecular weight excluding hydrogens is 332 g/mol. The van der Waals surface area contributed by atoms with Gasteiger partial charge in [0, 0.05) is 32.0 Å². The van der Waals surface area contributed by atoms with Crippen molar-refractivity contribution in [2.75, 3.05) is 33.5 Å². The number of thiol groups is 1. The van der Waals surface area contributed by atoms with Crippen LogP contribution in [-0.4, -0.2) is 54.4 Å². The first-order valence-electron chi connectivity index (χ1n) is 8.81. The second-order valence-corrected chi connectivity index (χ2v) is 7.36. The largest absolute Gasteiger partial charge is 0.384 e. The summed E-state index contributed by atoms with van der Waals surface area (Å²) in [6.07, 6.45) is 1.50. The number of hydrogen-bond donors (Lipinski definition) is 1. The van der Waals surface area contributed by atoms with Gasteiger partial charge in [0.1, 0.15) is 0 Å². The highest BCUT2D eigenvalue weighted by Gasteiger charge is 2.24.